The average molecular weight is 433 g/mol. The van der Waals surface area contributed by atoms with E-state index in [4.69, 9.17) is 16.7 Å². The second-order valence-electron chi connectivity index (χ2n) is 6.55. The van der Waals surface area contributed by atoms with Crippen LogP contribution in [0.4, 0.5) is 0 Å². The first kappa shape index (κ1) is 19.2. The Morgan fingerprint density at radius 1 is 1.29 bits per heavy atom. The number of hydrogen-bond donors (Lipinski definition) is 2. The number of aromatic nitrogens is 2. The first-order valence-corrected chi connectivity index (χ1v) is 11.1. The van der Waals surface area contributed by atoms with Crippen LogP contribution >= 0.6 is 34.7 Å². The van der Waals surface area contributed by atoms with Crippen LogP contribution in [0.2, 0.25) is 5.02 Å². The minimum absolute atomic E-state index is 0.123. The predicted octanol–water partition coefficient (Wildman–Crippen LogP) is 4.83. The summed E-state index contributed by atoms with van der Waals surface area (Å²) < 4.78 is 0. The molecule has 0 atom stereocenters. The van der Waals surface area contributed by atoms with Gasteiger partial charge in [-0.25, -0.2) is 4.98 Å². The third-order valence-corrected chi connectivity index (χ3v) is 7.03. The molecule has 5 nitrogen and oxygen atoms in total. The van der Waals surface area contributed by atoms with Gasteiger partial charge in [-0.15, -0.1) is 23.1 Å². The van der Waals surface area contributed by atoms with E-state index >= 15 is 0 Å². The van der Waals surface area contributed by atoms with E-state index in [1.54, 1.807) is 23.5 Å². The number of aryl methyl sites for hydroxylation is 2. The fourth-order valence-electron chi connectivity index (χ4n) is 3.31. The monoisotopic (exact) mass is 432 g/mol. The lowest BCUT2D eigenvalue weighted by Crippen LogP contribution is -2.12. The van der Waals surface area contributed by atoms with Crippen molar-refractivity contribution < 1.29 is 9.90 Å². The molecule has 0 unspecified atom stereocenters. The van der Waals surface area contributed by atoms with Gasteiger partial charge in [0, 0.05) is 9.90 Å². The quantitative estimate of drug-likeness (QED) is 0.603. The van der Waals surface area contributed by atoms with Crippen molar-refractivity contribution >= 4 is 61.9 Å². The lowest BCUT2D eigenvalue weighted by atomic mass is 9.97. The summed E-state index contributed by atoms with van der Waals surface area (Å²) in [6.07, 6.45) is 5.96. The second kappa shape index (κ2) is 8.11. The van der Waals surface area contributed by atoms with Crippen molar-refractivity contribution in [1.82, 2.24) is 9.97 Å². The Balaban J connectivity index is 1.81. The molecule has 0 fully saturated rings. The second-order valence-corrected chi connectivity index (χ2v) is 9.09. The number of fused-ring (bicyclic) bond motifs is 3. The molecule has 0 radical (unpaired) electrons. The number of carboxylic acid groups (broad SMARTS) is 1. The molecule has 2 N–H and O–H groups in total. The van der Waals surface area contributed by atoms with Crippen LogP contribution in [0.15, 0.2) is 29.1 Å². The third-order valence-electron chi connectivity index (χ3n) is 4.58. The van der Waals surface area contributed by atoms with Crippen molar-refractivity contribution in [3.8, 4) is 0 Å². The highest BCUT2D eigenvalue weighted by Crippen LogP contribution is 2.35. The number of H-pyrrole nitrogens is 1. The van der Waals surface area contributed by atoms with Gasteiger partial charge in [0.1, 0.15) is 10.7 Å². The van der Waals surface area contributed by atoms with Crippen LogP contribution in [-0.2, 0) is 17.6 Å². The van der Waals surface area contributed by atoms with Crippen molar-refractivity contribution in [3.05, 3.63) is 61.5 Å². The number of nitrogens with one attached hydrogen (secondary N) is 1. The van der Waals surface area contributed by atoms with Crippen LogP contribution in [0.1, 0.15) is 34.7 Å². The van der Waals surface area contributed by atoms with Gasteiger partial charge in [0.05, 0.1) is 16.0 Å². The zero-order chi connectivity index (χ0) is 19.7. The van der Waals surface area contributed by atoms with Crippen molar-refractivity contribution in [2.24, 2.45) is 0 Å². The lowest BCUT2D eigenvalue weighted by molar-refractivity contribution is -0.133. The summed E-state index contributed by atoms with van der Waals surface area (Å²) in [5.74, 6) is -0.651. The van der Waals surface area contributed by atoms with Gasteiger partial charge in [-0.2, -0.15) is 0 Å². The molecule has 0 bridgehead atoms. The maximum absolute atomic E-state index is 12.8. The summed E-state index contributed by atoms with van der Waals surface area (Å²) in [7, 11) is 0. The Labute approximate surface area is 174 Å². The highest BCUT2D eigenvalue weighted by Gasteiger charge is 2.20. The molecular weight excluding hydrogens is 416 g/mol. The van der Waals surface area contributed by atoms with Gasteiger partial charge in [-0.05, 0) is 55.0 Å². The number of thioether (sulfide) groups is 1. The standard InChI is InChI=1S/C20H17ClN2O3S2/c21-12-7-5-11(6-8-12)9-15(27-10-16(24)25)18-22-19(26)17-13-3-1-2-4-14(13)28-20(17)23-18/h5-9H,1-4,10H2,(H,24,25)(H,22,23,26)/b15-9-. The molecule has 1 aromatic carbocycles. The number of carbonyl (C=O) groups is 1. The number of thiophene rings is 1. The number of hydrogen-bond acceptors (Lipinski definition) is 5. The molecule has 0 saturated carbocycles. The average Bonchev–Trinajstić information content (AvgIpc) is 3.05. The van der Waals surface area contributed by atoms with Crippen LogP contribution in [0.25, 0.3) is 21.2 Å². The molecule has 2 heterocycles. The Morgan fingerprint density at radius 3 is 2.79 bits per heavy atom. The number of aliphatic carboxylic acids is 1. The minimum atomic E-state index is -0.929. The van der Waals surface area contributed by atoms with E-state index in [9.17, 15) is 9.59 Å². The van der Waals surface area contributed by atoms with Crippen molar-refractivity contribution in [1.29, 1.82) is 0 Å². The lowest BCUT2D eigenvalue weighted by Gasteiger charge is -2.10. The summed E-state index contributed by atoms with van der Waals surface area (Å²) >= 11 is 8.65. The molecule has 4 rings (SSSR count). The van der Waals surface area contributed by atoms with E-state index in [0.29, 0.717) is 21.1 Å². The number of benzene rings is 1. The summed E-state index contributed by atoms with van der Waals surface area (Å²) in [6.45, 7) is 0. The maximum atomic E-state index is 12.8. The summed E-state index contributed by atoms with van der Waals surface area (Å²) in [6, 6.07) is 7.20. The summed E-state index contributed by atoms with van der Waals surface area (Å²) in [5, 5.41) is 10.4. The predicted molar refractivity (Wildman–Crippen MR) is 116 cm³/mol. The minimum Gasteiger partial charge on any atom is -0.481 e. The van der Waals surface area contributed by atoms with Crippen LogP contribution < -0.4 is 5.56 Å². The summed E-state index contributed by atoms with van der Waals surface area (Å²) in [4.78, 5) is 34.0. The number of nitrogens with zero attached hydrogens (tertiary/aromatic N) is 1. The van der Waals surface area contributed by atoms with Crippen molar-refractivity contribution in [2.45, 2.75) is 25.7 Å². The molecule has 144 valence electrons. The van der Waals surface area contributed by atoms with Crippen LogP contribution in [0.5, 0.6) is 0 Å². The van der Waals surface area contributed by atoms with E-state index in [1.807, 2.05) is 18.2 Å². The van der Waals surface area contributed by atoms with E-state index in [2.05, 4.69) is 9.97 Å². The molecule has 0 spiro atoms. The number of halogens is 1. The van der Waals surface area contributed by atoms with Crippen molar-refractivity contribution in [3.63, 3.8) is 0 Å². The zero-order valence-corrected chi connectivity index (χ0v) is 17.2. The molecule has 0 amide bonds. The topological polar surface area (TPSA) is 83.0 Å². The van der Waals surface area contributed by atoms with Crippen LogP contribution in [0.3, 0.4) is 0 Å². The third kappa shape index (κ3) is 4.01. The number of aromatic amines is 1. The van der Waals surface area contributed by atoms with Crippen LogP contribution in [-0.4, -0.2) is 26.8 Å². The van der Waals surface area contributed by atoms with E-state index in [1.165, 1.54) is 4.88 Å². The fourth-order valence-corrected chi connectivity index (χ4v) is 5.43. The highest BCUT2D eigenvalue weighted by atomic mass is 35.5. The molecule has 3 aromatic rings. The van der Waals surface area contributed by atoms with E-state index in [-0.39, 0.29) is 11.3 Å². The zero-order valence-electron chi connectivity index (χ0n) is 14.8. The fraction of sp³-hybridized carbons (Fsp3) is 0.250. The molecule has 28 heavy (non-hydrogen) atoms. The van der Waals surface area contributed by atoms with Crippen LogP contribution in [0, 0.1) is 0 Å². The molecular formula is C20H17ClN2O3S2. The molecule has 1 aliphatic carbocycles. The number of rotatable bonds is 5. The smallest absolute Gasteiger partial charge is 0.313 e. The molecule has 0 aliphatic heterocycles. The molecule has 0 saturated heterocycles. The van der Waals surface area contributed by atoms with Crippen molar-refractivity contribution in [2.75, 3.05) is 5.75 Å². The number of carboxylic acids is 1. The Kier molecular flexibility index (Phi) is 5.57. The van der Waals surface area contributed by atoms with Gasteiger partial charge in [0.15, 0.2) is 0 Å². The van der Waals surface area contributed by atoms with Gasteiger partial charge in [0.2, 0.25) is 0 Å². The first-order valence-electron chi connectivity index (χ1n) is 8.88. The van der Waals surface area contributed by atoms with Gasteiger partial charge in [-0.1, -0.05) is 23.7 Å². The van der Waals surface area contributed by atoms with Gasteiger partial charge in [-0.3, -0.25) is 9.59 Å². The Bertz CT molecular complexity index is 1130. The highest BCUT2D eigenvalue weighted by molar-refractivity contribution is 8.09. The van der Waals surface area contributed by atoms with E-state index < -0.39 is 5.97 Å². The normalized spacial score (nSPS) is 14.2. The maximum Gasteiger partial charge on any atom is 0.313 e. The van der Waals surface area contributed by atoms with Gasteiger partial charge >= 0.3 is 5.97 Å². The van der Waals surface area contributed by atoms with Gasteiger partial charge in [0.25, 0.3) is 5.56 Å². The molecule has 8 heteroatoms. The van der Waals surface area contributed by atoms with E-state index in [0.717, 1.165) is 53.4 Å². The molecule has 1 aliphatic rings. The Morgan fingerprint density at radius 2 is 2.04 bits per heavy atom. The SMILES string of the molecule is O=C(O)CS/C(=C\c1ccc(Cl)cc1)c1nc2sc3c(c2c(=O)[nH]1)CCCC3. The largest absolute Gasteiger partial charge is 0.481 e. The first-order chi connectivity index (χ1) is 13.5. The molecule has 2 aromatic heterocycles. The summed E-state index contributed by atoms with van der Waals surface area (Å²) in [5.41, 5.74) is 1.83. The Hall–Kier alpha value is -2.09. The van der Waals surface area contributed by atoms with Gasteiger partial charge < -0.3 is 10.1 Å².